The SMILES string of the molecule is O=C1CO[C@H]2O[C@H](c3ccccc3)CO[C@H]2C1. The van der Waals surface area contributed by atoms with Crippen molar-refractivity contribution in [3.05, 3.63) is 35.9 Å². The molecule has 1 aromatic rings. The Kier molecular flexibility index (Phi) is 2.93. The van der Waals surface area contributed by atoms with Crippen LogP contribution in [-0.2, 0) is 19.0 Å². The van der Waals surface area contributed by atoms with Gasteiger partial charge in [-0.05, 0) is 5.56 Å². The average Bonchev–Trinajstić information content (AvgIpc) is 2.39. The summed E-state index contributed by atoms with van der Waals surface area (Å²) in [4.78, 5) is 11.2. The zero-order chi connectivity index (χ0) is 11.7. The van der Waals surface area contributed by atoms with Crippen LogP contribution in [0.15, 0.2) is 30.3 Å². The van der Waals surface area contributed by atoms with E-state index in [1.165, 1.54) is 0 Å². The second-order valence-electron chi connectivity index (χ2n) is 4.33. The third-order valence-electron chi connectivity index (χ3n) is 3.07. The lowest BCUT2D eigenvalue weighted by Gasteiger charge is -2.38. The van der Waals surface area contributed by atoms with Crippen molar-refractivity contribution in [2.24, 2.45) is 0 Å². The van der Waals surface area contributed by atoms with Gasteiger partial charge in [0.1, 0.15) is 18.8 Å². The van der Waals surface area contributed by atoms with Crippen LogP contribution in [-0.4, -0.2) is 31.4 Å². The standard InChI is InChI=1S/C13H14O4/c14-10-6-11-13(16-7-10)17-12(8-15-11)9-4-2-1-3-5-9/h1-5,11-13H,6-8H2/t11-,12-,13-/m0/s1. The fraction of sp³-hybridized carbons (Fsp3) is 0.462. The fourth-order valence-corrected chi connectivity index (χ4v) is 2.18. The first kappa shape index (κ1) is 10.9. The van der Waals surface area contributed by atoms with Gasteiger partial charge in [-0.25, -0.2) is 0 Å². The summed E-state index contributed by atoms with van der Waals surface area (Å²) in [5.74, 6) is 0.0769. The molecule has 2 fully saturated rings. The number of benzene rings is 1. The molecule has 2 aliphatic rings. The van der Waals surface area contributed by atoms with Crippen LogP contribution in [0.4, 0.5) is 0 Å². The molecule has 2 aliphatic heterocycles. The number of ketones is 1. The molecule has 2 saturated heterocycles. The second-order valence-corrected chi connectivity index (χ2v) is 4.33. The van der Waals surface area contributed by atoms with Crippen LogP contribution in [0.1, 0.15) is 18.1 Å². The topological polar surface area (TPSA) is 44.8 Å². The Bertz CT molecular complexity index is 403. The maximum absolute atomic E-state index is 11.2. The monoisotopic (exact) mass is 234 g/mol. The number of rotatable bonds is 1. The molecule has 3 rings (SSSR count). The predicted molar refractivity (Wildman–Crippen MR) is 59.4 cm³/mol. The Morgan fingerprint density at radius 1 is 1.12 bits per heavy atom. The van der Waals surface area contributed by atoms with Gasteiger partial charge < -0.3 is 14.2 Å². The zero-order valence-corrected chi connectivity index (χ0v) is 9.37. The van der Waals surface area contributed by atoms with E-state index in [0.29, 0.717) is 13.0 Å². The molecule has 0 saturated carbocycles. The van der Waals surface area contributed by atoms with E-state index < -0.39 is 6.29 Å². The van der Waals surface area contributed by atoms with Crippen LogP contribution in [0, 0.1) is 0 Å². The maximum Gasteiger partial charge on any atom is 0.185 e. The molecular weight excluding hydrogens is 220 g/mol. The van der Waals surface area contributed by atoms with E-state index in [1.807, 2.05) is 30.3 Å². The molecule has 2 heterocycles. The summed E-state index contributed by atoms with van der Waals surface area (Å²) in [6.45, 7) is 0.605. The van der Waals surface area contributed by atoms with Crippen LogP contribution in [0.25, 0.3) is 0 Å². The Hall–Kier alpha value is -1.23. The van der Waals surface area contributed by atoms with Gasteiger partial charge in [0, 0.05) is 6.42 Å². The number of hydrogen-bond donors (Lipinski definition) is 0. The van der Waals surface area contributed by atoms with Crippen molar-refractivity contribution in [1.29, 1.82) is 0 Å². The Morgan fingerprint density at radius 3 is 2.76 bits per heavy atom. The van der Waals surface area contributed by atoms with Gasteiger partial charge in [-0.2, -0.15) is 0 Å². The van der Waals surface area contributed by atoms with Crippen LogP contribution in [0.5, 0.6) is 0 Å². The highest BCUT2D eigenvalue weighted by Gasteiger charge is 2.38. The highest BCUT2D eigenvalue weighted by Crippen LogP contribution is 2.30. The van der Waals surface area contributed by atoms with Gasteiger partial charge >= 0.3 is 0 Å². The number of ether oxygens (including phenoxy) is 3. The van der Waals surface area contributed by atoms with Crippen LogP contribution >= 0.6 is 0 Å². The van der Waals surface area contributed by atoms with Gasteiger partial charge in [0.2, 0.25) is 0 Å². The van der Waals surface area contributed by atoms with Gasteiger partial charge in [-0.3, -0.25) is 4.79 Å². The molecule has 0 unspecified atom stereocenters. The Morgan fingerprint density at radius 2 is 1.94 bits per heavy atom. The number of Topliss-reactive ketones (excluding diaryl/α,β-unsaturated/α-hetero) is 1. The van der Waals surface area contributed by atoms with Crippen LogP contribution < -0.4 is 0 Å². The number of carbonyl (C=O) groups excluding carboxylic acids is 1. The van der Waals surface area contributed by atoms with Gasteiger partial charge in [0.05, 0.1) is 6.61 Å². The molecule has 0 bridgehead atoms. The lowest BCUT2D eigenvalue weighted by Crippen LogP contribution is -2.47. The number of carbonyl (C=O) groups is 1. The molecule has 0 radical (unpaired) electrons. The van der Waals surface area contributed by atoms with Crippen LogP contribution in [0.3, 0.4) is 0 Å². The summed E-state index contributed by atoms with van der Waals surface area (Å²) in [5.41, 5.74) is 1.08. The summed E-state index contributed by atoms with van der Waals surface area (Å²) in [6.07, 6.45) is -0.361. The van der Waals surface area contributed by atoms with Gasteiger partial charge in [-0.1, -0.05) is 30.3 Å². The molecule has 0 N–H and O–H groups in total. The molecule has 0 aromatic heterocycles. The molecule has 0 aliphatic carbocycles. The predicted octanol–water partition coefficient (Wildman–Crippen LogP) is 1.46. The zero-order valence-electron chi connectivity index (χ0n) is 9.37. The molecule has 17 heavy (non-hydrogen) atoms. The minimum atomic E-state index is -0.411. The highest BCUT2D eigenvalue weighted by molar-refractivity contribution is 5.80. The minimum absolute atomic E-state index is 0.0769. The second kappa shape index (κ2) is 4.56. The van der Waals surface area contributed by atoms with Crippen molar-refractivity contribution in [3.63, 3.8) is 0 Å². The van der Waals surface area contributed by atoms with E-state index >= 15 is 0 Å². The van der Waals surface area contributed by atoms with Crippen molar-refractivity contribution in [2.75, 3.05) is 13.2 Å². The van der Waals surface area contributed by atoms with E-state index in [2.05, 4.69) is 0 Å². The lowest BCUT2D eigenvalue weighted by atomic mass is 10.1. The molecule has 0 spiro atoms. The number of hydrogen-bond acceptors (Lipinski definition) is 4. The molecule has 4 heteroatoms. The summed E-state index contributed by atoms with van der Waals surface area (Å²) >= 11 is 0. The van der Waals surface area contributed by atoms with Gasteiger partial charge in [0.25, 0.3) is 0 Å². The molecule has 1 aromatic carbocycles. The molecule has 90 valence electrons. The summed E-state index contributed by atoms with van der Waals surface area (Å²) in [6, 6.07) is 9.91. The van der Waals surface area contributed by atoms with Crippen molar-refractivity contribution < 1.29 is 19.0 Å². The lowest BCUT2D eigenvalue weighted by molar-refractivity contribution is -0.285. The van der Waals surface area contributed by atoms with Gasteiger partial charge in [0.15, 0.2) is 12.1 Å². The first-order valence-electron chi connectivity index (χ1n) is 5.78. The Balaban J connectivity index is 1.70. The Labute approximate surface area is 99.5 Å². The van der Waals surface area contributed by atoms with E-state index in [-0.39, 0.29) is 24.6 Å². The van der Waals surface area contributed by atoms with E-state index in [9.17, 15) is 4.79 Å². The van der Waals surface area contributed by atoms with E-state index in [1.54, 1.807) is 0 Å². The summed E-state index contributed by atoms with van der Waals surface area (Å²) in [7, 11) is 0. The molecule has 0 amide bonds. The van der Waals surface area contributed by atoms with Crippen molar-refractivity contribution in [2.45, 2.75) is 24.9 Å². The number of fused-ring (bicyclic) bond motifs is 1. The minimum Gasteiger partial charge on any atom is -0.369 e. The quantitative estimate of drug-likeness (QED) is 0.738. The normalized spacial score (nSPS) is 33.2. The van der Waals surface area contributed by atoms with Crippen molar-refractivity contribution in [3.8, 4) is 0 Å². The summed E-state index contributed by atoms with van der Waals surface area (Å²) < 4.78 is 16.8. The third-order valence-corrected chi connectivity index (χ3v) is 3.07. The third kappa shape index (κ3) is 2.24. The molecule has 3 atom stereocenters. The molecular formula is C13H14O4. The first-order valence-corrected chi connectivity index (χ1v) is 5.78. The largest absolute Gasteiger partial charge is 0.369 e. The van der Waals surface area contributed by atoms with Crippen molar-refractivity contribution >= 4 is 5.78 Å². The van der Waals surface area contributed by atoms with E-state index in [4.69, 9.17) is 14.2 Å². The highest BCUT2D eigenvalue weighted by atomic mass is 16.7. The fourth-order valence-electron chi connectivity index (χ4n) is 2.18. The maximum atomic E-state index is 11.2. The molecule has 4 nitrogen and oxygen atoms in total. The van der Waals surface area contributed by atoms with Crippen LogP contribution in [0.2, 0.25) is 0 Å². The van der Waals surface area contributed by atoms with Crippen molar-refractivity contribution in [1.82, 2.24) is 0 Å². The first-order chi connectivity index (χ1) is 8.33. The van der Waals surface area contributed by atoms with E-state index in [0.717, 1.165) is 5.56 Å². The average molecular weight is 234 g/mol. The smallest absolute Gasteiger partial charge is 0.185 e. The van der Waals surface area contributed by atoms with Gasteiger partial charge in [-0.15, -0.1) is 0 Å². The summed E-state index contributed by atoms with van der Waals surface area (Å²) in [5, 5.41) is 0.